The molecule has 0 unspecified atom stereocenters. The van der Waals surface area contributed by atoms with Crippen LogP contribution in [-0.4, -0.2) is 24.2 Å². The third-order valence-electron chi connectivity index (χ3n) is 2.48. The van der Waals surface area contributed by atoms with Crippen LogP contribution in [0.2, 0.25) is 0 Å². The Morgan fingerprint density at radius 2 is 1.88 bits per heavy atom. The zero-order valence-corrected chi connectivity index (χ0v) is 10.0. The number of hydrogen-bond donors (Lipinski definition) is 1. The van der Waals surface area contributed by atoms with Crippen LogP contribution in [0, 0.1) is 0 Å². The van der Waals surface area contributed by atoms with Crippen molar-refractivity contribution in [2.24, 2.45) is 7.05 Å². The summed E-state index contributed by atoms with van der Waals surface area (Å²) < 4.78 is 24.2. The van der Waals surface area contributed by atoms with Gasteiger partial charge >= 0.3 is 11.1 Å². The Labute approximate surface area is 96.4 Å². The lowest BCUT2D eigenvalue weighted by atomic mass is 10.3. The molecule has 0 saturated carbocycles. The molecule has 90 valence electrons. The number of aromatic amines is 1. The molecule has 1 aromatic carbocycles. The van der Waals surface area contributed by atoms with Gasteiger partial charge in [0, 0.05) is 13.3 Å². The zero-order valence-electron chi connectivity index (χ0n) is 9.22. The van der Waals surface area contributed by atoms with E-state index in [2.05, 4.69) is 4.98 Å². The quantitative estimate of drug-likeness (QED) is 0.703. The van der Waals surface area contributed by atoms with E-state index in [0.29, 0.717) is 5.52 Å². The molecule has 7 heteroatoms. The van der Waals surface area contributed by atoms with Crippen molar-refractivity contribution >= 4 is 20.9 Å². The number of rotatable bonds is 1. The van der Waals surface area contributed by atoms with Crippen molar-refractivity contribution in [2.45, 2.75) is 4.90 Å². The summed E-state index contributed by atoms with van der Waals surface area (Å²) in [5.74, 6) is 0. The number of nitrogens with zero attached hydrogens (tertiary/aromatic N) is 1. The number of H-pyrrole nitrogens is 1. The smallest absolute Gasteiger partial charge is 0.316 e. The average molecular weight is 254 g/mol. The summed E-state index contributed by atoms with van der Waals surface area (Å²) in [6, 6.07) is 4.46. The summed E-state index contributed by atoms with van der Waals surface area (Å²) >= 11 is 0. The third-order valence-corrected chi connectivity index (χ3v) is 3.61. The monoisotopic (exact) mass is 254 g/mol. The molecule has 0 spiro atoms. The topological polar surface area (TPSA) is 89.0 Å². The number of para-hydroxylation sites is 1. The first kappa shape index (κ1) is 11.6. The van der Waals surface area contributed by atoms with Gasteiger partial charge in [-0.05, 0) is 12.1 Å². The second kappa shape index (κ2) is 3.56. The fraction of sp³-hybridized carbons (Fsp3) is 0.200. The van der Waals surface area contributed by atoms with Gasteiger partial charge in [0.1, 0.15) is 0 Å². The van der Waals surface area contributed by atoms with Crippen LogP contribution in [0.15, 0.2) is 32.7 Å². The summed E-state index contributed by atoms with van der Waals surface area (Å²) in [5, 5.41) is 0. The van der Waals surface area contributed by atoms with Gasteiger partial charge in [0.05, 0.1) is 15.9 Å². The Bertz CT molecular complexity index is 814. The number of sulfone groups is 1. The molecule has 0 aliphatic rings. The van der Waals surface area contributed by atoms with E-state index in [-0.39, 0.29) is 10.4 Å². The Morgan fingerprint density at radius 1 is 1.24 bits per heavy atom. The van der Waals surface area contributed by atoms with E-state index in [4.69, 9.17) is 0 Å². The number of benzene rings is 1. The van der Waals surface area contributed by atoms with Crippen molar-refractivity contribution in [1.29, 1.82) is 0 Å². The van der Waals surface area contributed by atoms with Gasteiger partial charge in [-0.15, -0.1) is 0 Å². The summed E-state index contributed by atoms with van der Waals surface area (Å²) in [5.41, 5.74) is -1.03. The highest BCUT2D eigenvalue weighted by atomic mass is 32.2. The van der Waals surface area contributed by atoms with Gasteiger partial charge < -0.3 is 9.55 Å². The lowest BCUT2D eigenvalue weighted by molar-refractivity contribution is 0.602. The normalized spacial score (nSPS) is 11.9. The Hall–Kier alpha value is -1.89. The molecule has 0 bridgehead atoms. The maximum absolute atomic E-state index is 11.6. The average Bonchev–Trinajstić information content (AvgIpc) is 2.24. The summed E-state index contributed by atoms with van der Waals surface area (Å²) in [6.45, 7) is 0. The molecule has 0 saturated heterocycles. The van der Waals surface area contributed by atoms with Gasteiger partial charge in [-0.3, -0.25) is 9.59 Å². The molecule has 1 heterocycles. The molecule has 0 aliphatic heterocycles. The number of fused-ring (bicyclic) bond motifs is 1. The Morgan fingerprint density at radius 3 is 2.47 bits per heavy atom. The number of aryl methyl sites for hydroxylation is 1. The van der Waals surface area contributed by atoms with Gasteiger partial charge in [0.2, 0.25) is 0 Å². The maximum atomic E-state index is 11.6. The molecule has 0 radical (unpaired) electrons. The van der Waals surface area contributed by atoms with Gasteiger partial charge in [0.15, 0.2) is 9.84 Å². The van der Waals surface area contributed by atoms with Crippen LogP contribution in [0.5, 0.6) is 0 Å². The molecule has 0 fully saturated rings. The van der Waals surface area contributed by atoms with E-state index >= 15 is 0 Å². The highest BCUT2D eigenvalue weighted by Crippen LogP contribution is 2.18. The molecule has 0 aliphatic carbocycles. The lowest BCUT2D eigenvalue weighted by Crippen LogP contribution is -2.35. The molecule has 0 atom stereocenters. The number of hydrogen-bond acceptors (Lipinski definition) is 4. The molecule has 2 aromatic rings. The van der Waals surface area contributed by atoms with Crippen LogP contribution in [0.25, 0.3) is 11.0 Å². The second-order valence-electron chi connectivity index (χ2n) is 3.74. The van der Waals surface area contributed by atoms with E-state index in [1.807, 2.05) is 0 Å². The van der Waals surface area contributed by atoms with Crippen molar-refractivity contribution in [1.82, 2.24) is 9.55 Å². The summed E-state index contributed by atoms with van der Waals surface area (Å²) in [6.07, 6.45) is 1.05. The SMILES string of the molecule is Cn1c(=O)c(=O)[nH]c2cccc(S(C)(=O)=O)c21. The first-order chi connectivity index (χ1) is 7.82. The minimum Gasteiger partial charge on any atom is -0.316 e. The first-order valence-electron chi connectivity index (χ1n) is 4.74. The van der Waals surface area contributed by atoms with E-state index in [1.165, 1.54) is 19.2 Å². The van der Waals surface area contributed by atoms with E-state index in [0.717, 1.165) is 10.8 Å². The Balaban J connectivity index is 3.16. The Kier molecular flexibility index (Phi) is 2.43. The fourth-order valence-corrected chi connectivity index (χ4v) is 2.62. The third kappa shape index (κ3) is 1.78. The fourth-order valence-electron chi connectivity index (χ4n) is 1.70. The van der Waals surface area contributed by atoms with Gasteiger partial charge in [-0.1, -0.05) is 6.07 Å². The first-order valence-corrected chi connectivity index (χ1v) is 6.63. The predicted molar refractivity (Wildman–Crippen MR) is 62.9 cm³/mol. The largest absolute Gasteiger partial charge is 0.316 e. The van der Waals surface area contributed by atoms with Crippen LogP contribution in [0.1, 0.15) is 0 Å². The van der Waals surface area contributed by atoms with E-state index in [9.17, 15) is 18.0 Å². The molecule has 0 amide bonds. The van der Waals surface area contributed by atoms with Crippen LogP contribution in [0.4, 0.5) is 0 Å². The van der Waals surface area contributed by atoms with Crippen LogP contribution >= 0.6 is 0 Å². The highest BCUT2D eigenvalue weighted by molar-refractivity contribution is 7.91. The molecule has 1 N–H and O–H groups in total. The van der Waals surface area contributed by atoms with Crippen LogP contribution in [-0.2, 0) is 16.9 Å². The summed E-state index contributed by atoms with van der Waals surface area (Å²) in [4.78, 5) is 25.1. The van der Waals surface area contributed by atoms with Crippen molar-refractivity contribution in [3.63, 3.8) is 0 Å². The lowest BCUT2D eigenvalue weighted by Gasteiger charge is -2.08. The second-order valence-corrected chi connectivity index (χ2v) is 5.73. The van der Waals surface area contributed by atoms with Crippen molar-refractivity contribution in [3.8, 4) is 0 Å². The minimum absolute atomic E-state index is 0.0193. The van der Waals surface area contributed by atoms with E-state index in [1.54, 1.807) is 6.07 Å². The van der Waals surface area contributed by atoms with Crippen molar-refractivity contribution in [2.75, 3.05) is 6.26 Å². The van der Waals surface area contributed by atoms with Crippen molar-refractivity contribution in [3.05, 3.63) is 38.9 Å². The molecular formula is C10H10N2O4S. The molecule has 2 rings (SSSR count). The zero-order chi connectivity index (χ0) is 12.8. The maximum Gasteiger partial charge on any atom is 0.316 e. The number of nitrogens with one attached hydrogen (secondary N) is 1. The molecule has 17 heavy (non-hydrogen) atoms. The van der Waals surface area contributed by atoms with Gasteiger partial charge in [-0.2, -0.15) is 0 Å². The standard InChI is InChI=1S/C10H10N2O4S/c1-12-8-6(11-9(13)10(12)14)4-3-5-7(8)17(2,15)16/h3-5H,1-2H3,(H,11,13). The minimum atomic E-state index is -3.46. The highest BCUT2D eigenvalue weighted by Gasteiger charge is 2.15. The molecular weight excluding hydrogens is 244 g/mol. The predicted octanol–water partition coefficient (Wildman–Crippen LogP) is -0.370. The van der Waals surface area contributed by atoms with E-state index < -0.39 is 21.0 Å². The van der Waals surface area contributed by atoms with Crippen LogP contribution in [0.3, 0.4) is 0 Å². The van der Waals surface area contributed by atoms with Gasteiger partial charge in [-0.25, -0.2) is 8.42 Å². The summed E-state index contributed by atoms with van der Waals surface area (Å²) in [7, 11) is -2.09. The molecule has 6 nitrogen and oxygen atoms in total. The molecule has 1 aromatic heterocycles. The number of aromatic nitrogens is 2. The van der Waals surface area contributed by atoms with Crippen molar-refractivity contribution < 1.29 is 8.42 Å². The van der Waals surface area contributed by atoms with Crippen LogP contribution < -0.4 is 11.1 Å². The van der Waals surface area contributed by atoms with Gasteiger partial charge in [0.25, 0.3) is 0 Å².